The summed E-state index contributed by atoms with van der Waals surface area (Å²) in [7, 11) is 0. The van der Waals surface area contributed by atoms with Crippen LogP contribution in [-0.2, 0) is 9.53 Å². The second-order valence-corrected chi connectivity index (χ2v) is 3.22. The van der Waals surface area contributed by atoms with Crippen molar-refractivity contribution in [2.24, 2.45) is 5.92 Å². The molecule has 0 aliphatic carbocycles. The Morgan fingerprint density at radius 1 is 1.82 bits per heavy atom. The topological polar surface area (TPSA) is 49.8 Å². The summed E-state index contributed by atoms with van der Waals surface area (Å²) in [5, 5.41) is 8.78. The summed E-state index contributed by atoms with van der Waals surface area (Å²) in [5.41, 5.74) is 0.162. The fourth-order valence-electron chi connectivity index (χ4n) is 1.27. The molecule has 1 aliphatic heterocycles. The van der Waals surface area contributed by atoms with Gasteiger partial charge >= 0.3 is 5.97 Å². The Kier molecular flexibility index (Phi) is 1.76. The number of aliphatic carboxylic acids is 1. The van der Waals surface area contributed by atoms with Gasteiger partial charge in [0.1, 0.15) is 11.5 Å². The molecule has 0 aromatic carbocycles. The molecule has 0 amide bonds. The first kappa shape index (κ1) is 8.27. The predicted octanol–water partition coefficient (Wildman–Crippen LogP) is 1.05. The maximum Gasteiger partial charge on any atom is 0.313 e. The van der Waals surface area contributed by atoms with E-state index in [4.69, 9.17) is 9.84 Å². The van der Waals surface area contributed by atoms with Crippen molar-refractivity contribution < 1.29 is 14.6 Å². The van der Waals surface area contributed by atoms with Crippen molar-refractivity contribution in [3.8, 4) is 0 Å². The van der Waals surface area contributed by atoms with Crippen LogP contribution >= 0.6 is 0 Å². The number of carboxylic acids is 1. The molecule has 0 spiro atoms. The average Bonchev–Trinajstić information content (AvgIpc) is 2.44. The first-order chi connectivity index (χ1) is 4.97. The van der Waals surface area contributed by atoms with Gasteiger partial charge in [0.15, 0.2) is 0 Å². The number of carboxylic acid groups (broad SMARTS) is 1. The minimum absolute atomic E-state index is 0.488. The third-order valence-corrected chi connectivity index (χ3v) is 1.95. The molecule has 0 aromatic heterocycles. The lowest BCUT2D eigenvalue weighted by Gasteiger charge is -2.15. The number of rotatable bonds is 3. The van der Waals surface area contributed by atoms with Gasteiger partial charge in [-0.25, -0.2) is 0 Å². The molecule has 1 rings (SSSR count). The van der Waals surface area contributed by atoms with Crippen LogP contribution < -0.4 is 0 Å². The van der Waals surface area contributed by atoms with Crippen molar-refractivity contribution >= 4 is 5.97 Å². The summed E-state index contributed by atoms with van der Waals surface area (Å²) in [6.45, 7) is 7.65. The van der Waals surface area contributed by atoms with Gasteiger partial charge in [-0.15, -0.1) is 0 Å². The van der Waals surface area contributed by atoms with Gasteiger partial charge in [-0.05, 0) is 13.8 Å². The van der Waals surface area contributed by atoms with Crippen molar-refractivity contribution in [2.75, 3.05) is 6.61 Å². The van der Waals surface area contributed by atoms with Crippen molar-refractivity contribution in [1.82, 2.24) is 0 Å². The van der Waals surface area contributed by atoms with Gasteiger partial charge in [0.05, 0.1) is 6.61 Å². The molecule has 1 fully saturated rings. The first-order valence-electron chi connectivity index (χ1n) is 3.49. The molecule has 1 aliphatic rings. The van der Waals surface area contributed by atoms with Crippen LogP contribution in [0.4, 0.5) is 0 Å². The molecule has 62 valence electrons. The highest BCUT2D eigenvalue weighted by Gasteiger charge is 2.51. The number of ether oxygens (including phenoxy) is 1. The van der Waals surface area contributed by atoms with Gasteiger partial charge in [0.2, 0.25) is 0 Å². The number of carbonyl (C=O) groups is 1. The quantitative estimate of drug-likeness (QED) is 0.491. The predicted molar refractivity (Wildman–Crippen MR) is 40.3 cm³/mol. The minimum Gasteiger partial charge on any atom is -0.481 e. The van der Waals surface area contributed by atoms with Gasteiger partial charge in [-0.2, -0.15) is 0 Å². The molecule has 0 bridgehead atoms. The van der Waals surface area contributed by atoms with E-state index < -0.39 is 17.5 Å². The lowest BCUT2D eigenvalue weighted by Crippen LogP contribution is -2.29. The monoisotopic (exact) mass is 156 g/mol. The van der Waals surface area contributed by atoms with E-state index in [1.54, 1.807) is 13.8 Å². The lowest BCUT2D eigenvalue weighted by molar-refractivity contribution is -0.142. The van der Waals surface area contributed by atoms with Crippen LogP contribution in [0.25, 0.3) is 0 Å². The Morgan fingerprint density at radius 3 is 2.36 bits per heavy atom. The van der Waals surface area contributed by atoms with E-state index in [0.29, 0.717) is 12.2 Å². The van der Waals surface area contributed by atoms with Gasteiger partial charge in [-0.1, -0.05) is 12.2 Å². The number of epoxide rings is 1. The maximum absolute atomic E-state index is 10.7. The molecule has 3 nitrogen and oxygen atoms in total. The Morgan fingerprint density at radius 2 is 2.27 bits per heavy atom. The number of hydrogen-bond acceptors (Lipinski definition) is 2. The van der Waals surface area contributed by atoms with Crippen LogP contribution in [0.1, 0.15) is 13.8 Å². The molecular weight excluding hydrogens is 144 g/mol. The zero-order chi connectivity index (χ0) is 8.65. The molecule has 1 heterocycles. The molecule has 0 saturated carbocycles. The highest BCUT2D eigenvalue weighted by atomic mass is 16.6. The summed E-state index contributed by atoms with van der Waals surface area (Å²) in [5.74, 6) is -1.40. The Hall–Kier alpha value is -0.830. The average molecular weight is 156 g/mol. The van der Waals surface area contributed by atoms with E-state index in [1.165, 1.54) is 0 Å². The van der Waals surface area contributed by atoms with Crippen molar-refractivity contribution in [2.45, 2.75) is 19.4 Å². The van der Waals surface area contributed by atoms with Crippen molar-refractivity contribution in [3.05, 3.63) is 12.2 Å². The maximum atomic E-state index is 10.7. The second kappa shape index (κ2) is 2.34. The number of hydrogen-bond donors (Lipinski definition) is 1. The molecule has 0 aromatic rings. The van der Waals surface area contributed by atoms with Crippen LogP contribution in [0.3, 0.4) is 0 Å². The highest BCUT2D eigenvalue weighted by Crippen LogP contribution is 2.38. The Bertz CT molecular complexity index is 189. The van der Waals surface area contributed by atoms with Gasteiger partial charge < -0.3 is 9.84 Å². The van der Waals surface area contributed by atoms with Gasteiger partial charge in [0, 0.05) is 0 Å². The second-order valence-electron chi connectivity index (χ2n) is 3.22. The summed E-state index contributed by atoms with van der Waals surface area (Å²) in [4.78, 5) is 10.7. The van der Waals surface area contributed by atoms with Gasteiger partial charge in [0.25, 0.3) is 0 Å². The smallest absolute Gasteiger partial charge is 0.313 e. The van der Waals surface area contributed by atoms with E-state index >= 15 is 0 Å². The van der Waals surface area contributed by atoms with E-state index in [1.807, 2.05) is 0 Å². The summed E-state index contributed by atoms with van der Waals surface area (Å²) in [6, 6.07) is 0. The molecular formula is C8H12O3. The normalized spacial score (nSPS) is 31.1. The van der Waals surface area contributed by atoms with Gasteiger partial charge in [-0.3, -0.25) is 4.79 Å². The fourth-order valence-corrected chi connectivity index (χ4v) is 1.27. The zero-order valence-electron chi connectivity index (χ0n) is 6.76. The van der Waals surface area contributed by atoms with E-state index in [-0.39, 0.29) is 0 Å². The van der Waals surface area contributed by atoms with Crippen LogP contribution in [0.15, 0.2) is 12.2 Å². The minimum atomic E-state index is -0.850. The molecule has 0 radical (unpaired) electrons. The van der Waals surface area contributed by atoms with E-state index in [9.17, 15) is 4.79 Å². The molecule has 2 unspecified atom stereocenters. The van der Waals surface area contributed by atoms with Crippen LogP contribution in [-0.4, -0.2) is 23.3 Å². The first-order valence-corrected chi connectivity index (χ1v) is 3.49. The molecule has 11 heavy (non-hydrogen) atoms. The van der Waals surface area contributed by atoms with Crippen LogP contribution in [0.2, 0.25) is 0 Å². The SMILES string of the molecule is C=C(C)C(C(=O)O)C1(C)CO1. The molecule has 1 saturated heterocycles. The Labute approximate surface area is 65.7 Å². The van der Waals surface area contributed by atoms with Crippen molar-refractivity contribution in [3.63, 3.8) is 0 Å². The summed E-state index contributed by atoms with van der Waals surface area (Å²) in [6.07, 6.45) is 0. The fraction of sp³-hybridized carbons (Fsp3) is 0.625. The van der Waals surface area contributed by atoms with Crippen molar-refractivity contribution in [1.29, 1.82) is 0 Å². The zero-order valence-corrected chi connectivity index (χ0v) is 6.76. The van der Waals surface area contributed by atoms with E-state index in [0.717, 1.165) is 0 Å². The van der Waals surface area contributed by atoms with Crippen LogP contribution in [0, 0.1) is 5.92 Å². The highest BCUT2D eigenvalue weighted by molar-refractivity contribution is 5.75. The third kappa shape index (κ3) is 1.43. The largest absolute Gasteiger partial charge is 0.481 e. The van der Waals surface area contributed by atoms with E-state index in [2.05, 4.69) is 6.58 Å². The molecule has 2 atom stereocenters. The van der Waals surface area contributed by atoms with Crippen LogP contribution in [0.5, 0.6) is 0 Å². The standard InChI is InChI=1S/C8H12O3/c1-5(2)6(7(9)10)8(3)4-11-8/h6H,1,4H2,2-3H3,(H,9,10). The summed E-state index contributed by atoms with van der Waals surface area (Å²) < 4.78 is 5.04. The lowest BCUT2D eigenvalue weighted by atomic mass is 9.89. The third-order valence-electron chi connectivity index (χ3n) is 1.95. The summed E-state index contributed by atoms with van der Waals surface area (Å²) >= 11 is 0. The molecule has 3 heteroatoms. The Balaban J connectivity index is 2.76. The molecule has 1 N–H and O–H groups in total.